The lowest BCUT2D eigenvalue weighted by molar-refractivity contribution is -0.143. The van der Waals surface area contributed by atoms with Crippen molar-refractivity contribution in [3.8, 4) is 0 Å². The first-order valence-corrected chi connectivity index (χ1v) is 39.1. The molecule has 85 heavy (non-hydrogen) atoms. The highest BCUT2D eigenvalue weighted by molar-refractivity contribution is 5.76. The number of aliphatic hydroxyl groups is 2. The number of hydrogen-bond donors (Lipinski definition) is 3. The van der Waals surface area contributed by atoms with Crippen molar-refractivity contribution in [3.05, 3.63) is 24.3 Å². The van der Waals surface area contributed by atoms with Crippen molar-refractivity contribution in [1.29, 1.82) is 0 Å². The molecule has 0 rings (SSSR count). The highest BCUT2D eigenvalue weighted by atomic mass is 16.5. The van der Waals surface area contributed by atoms with Crippen molar-refractivity contribution in [1.82, 2.24) is 5.32 Å². The highest BCUT2D eigenvalue weighted by Gasteiger charge is 2.20. The lowest BCUT2D eigenvalue weighted by Gasteiger charge is -2.22. The Labute approximate surface area is 532 Å². The molecule has 6 nitrogen and oxygen atoms in total. The molecule has 2 unspecified atom stereocenters. The van der Waals surface area contributed by atoms with Crippen molar-refractivity contribution in [2.24, 2.45) is 0 Å². The zero-order valence-electron chi connectivity index (χ0n) is 57.9. The van der Waals surface area contributed by atoms with Crippen molar-refractivity contribution >= 4 is 11.9 Å². The average Bonchev–Trinajstić information content (AvgIpc) is 3.52. The molecule has 0 aromatic heterocycles. The highest BCUT2D eigenvalue weighted by Crippen LogP contribution is 2.20. The summed E-state index contributed by atoms with van der Waals surface area (Å²) in [6.45, 7) is 5.00. The maximum Gasteiger partial charge on any atom is 0.305 e. The van der Waals surface area contributed by atoms with Crippen LogP contribution in [0.4, 0.5) is 0 Å². The fourth-order valence-corrected chi connectivity index (χ4v) is 12.6. The van der Waals surface area contributed by atoms with E-state index in [1.54, 1.807) is 0 Å². The van der Waals surface area contributed by atoms with Crippen LogP contribution in [0.25, 0.3) is 0 Å². The zero-order valence-corrected chi connectivity index (χ0v) is 57.9. The number of carbonyl (C=O) groups is 2. The molecule has 0 aromatic carbocycles. The Bertz CT molecular complexity index is 1330. The number of amides is 1. The zero-order chi connectivity index (χ0) is 61.3. The molecule has 2 atom stereocenters. The molecule has 0 saturated carbocycles. The van der Waals surface area contributed by atoms with Gasteiger partial charge in [-0.3, -0.25) is 9.59 Å². The molecule has 0 spiro atoms. The predicted octanol–water partition coefficient (Wildman–Crippen LogP) is 25.7. The van der Waals surface area contributed by atoms with Crippen LogP contribution in [0.1, 0.15) is 444 Å². The fourth-order valence-electron chi connectivity index (χ4n) is 12.6. The summed E-state index contributed by atoms with van der Waals surface area (Å²) in [5.74, 6) is -0.00707. The van der Waals surface area contributed by atoms with Crippen molar-refractivity contribution in [3.63, 3.8) is 0 Å². The molecule has 0 saturated heterocycles. The van der Waals surface area contributed by atoms with Crippen LogP contribution < -0.4 is 5.32 Å². The molecule has 0 radical (unpaired) electrons. The predicted molar refractivity (Wildman–Crippen MR) is 375 cm³/mol. The van der Waals surface area contributed by atoms with Crippen LogP contribution in [0, 0.1) is 0 Å². The van der Waals surface area contributed by atoms with Gasteiger partial charge in [-0.2, -0.15) is 0 Å². The molecule has 0 aliphatic rings. The number of nitrogens with one attached hydrogen (secondary N) is 1. The molecule has 504 valence electrons. The monoisotopic (exact) mass is 1200 g/mol. The largest absolute Gasteiger partial charge is 0.466 e. The van der Waals surface area contributed by atoms with Gasteiger partial charge < -0.3 is 20.3 Å². The van der Waals surface area contributed by atoms with Gasteiger partial charge in [-0.1, -0.05) is 398 Å². The molecule has 0 aromatic rings. The smallest absolute Gasteiger partial charge is 0.305 e. The van der Waals surface area contributed by atoms with Gasteiger partial charge in [0.05, 0.1) is 25.4 Å². The molecular weight excluding hydrogens is 1040 g/mol. The first-order chi connectivity index (χ1) is 42.0. The topological polar surface area (TPSA) is 95.9 Å². The van der Waals surface area contributed by atoms with Crippen LogP contribution in [0.15, 0.2) is 24.3 Å². The van der Waals surface area contributed by atoms with E-state index in [-0.39, 0.29) is 18.5 Å². The number of allylic oxidation sites excluding steroid dienone is 4. The van der Waals surface area contributed by atoms with Crippen LogP contribution in [-0.2, 0) is 14.3 Å². The molecule has 0 heterocycles. The van der Waals surface area contributed by atoms with Gasteiger partial charge in [-0.25, -0.2) is 0 Å². The first kappa shape index (κ1) is 83.3. The summed E-state index contributed by atoms with van der Waals surface area (Å²) in [7, 11) is 0. The van der Waals surface area contributed by atoms with Crippen LogP contribution in [-0.4, -0.2) is 47.4 Å². The van der Waals surface area contributed by atoms with Crippen LogP contribution in [0.2, 0.25) is 0 Å². The maximum atomic E-state index is 12.5. The van der Waals surface area contributed by atoms with Gasteiger partial charge in [0.1, 0.15) is 0 Å². The minimum atomic E-state index is -0.662. The molecule has 3 N–H and O–H groups in total. The Kier molecular flexibility index (Phi) is 73.3. The van der Waals surface area contributed by atoms with Crippen LogP contribution in [0.5, 0.6) is 0 Å². The molecule has 6 heteroatoms. The van der Waals surface area contributed by atoms with E-state index in [1.165, 1.54) is 366 Å². The summed E-state index contributed by atoms with van der Waals surface area (Å²) in [6.07, 6.45) is 95.5. The average molecular weight is 1200 g/mol. The summed E-state index contributed by atoms with van der Waals surface area (Å²) < 4.78 is 5.51. The van der Waals surface area contributed by atoms with Crippen molar-refractivity contribution in [2.75, 3.05) is 13.2 Å². The second kappa shape index (κ2) is 74.8. The normalized spacial score (nSPS) is 12.6. The second-order valence-electron chi connectivity index (χ2n) is 27.0. The van der Waals surface area contributed by atoms with Crippen LogP contribution in [0.3, 0.4) is 0 Å². The molecule has 0 bridgehead atoms. The molecule has 0 aliphatic carbocycles. The van der Waals surface area contributed by atoms with Crippen molar-refractivity contribution in [2.45, 2.75) is 456 Å². The van der Waals surface area contributed by atoms with E-state index >= 15 is 0 Å². The number of unbranched alkanes of at least 4 members (excludes halogenated alkanes) is 59. The van der Waals surface area contributed by atoms with E-state index in [1.807, 2.05) is 0 Å². The summed E-state index contributed by atoms with van der Waals surface area (Å²) >= 11 is 0. The van der Waals surface area contributed by atoms with E-state index in [9.17, 15) is 19.8 Å². The number of rotatable bonds is 74. The fraction of sp³-hybridized carbons (Fsp3) is 0.924. The van der Waals surface area contributed by atoms with E-state index in [2.05, 4.69) is 43.5 Å². The van der Waals surface area contributed by atoms with E-state index < -0.39 is 12.1 Å². The quantitative estimate of drug-likeness (QED) is 0.0320. The lowest BCUT2D eigenvalue weighted by Crippen LogP contribution is -2.45. The van der Waals surface area contributed by atoms with Gasteiger partial charge in [0.25, 0.3) is 0 Å². The van der Waals surface area contributed by atoms with Gasteiger partial charge >= 0.3 is 5.97 Å². The number of carbonyl (C=O) groups excluding carboxylic acids is 2. The minimum absolute atomic E-state index is 0.0221. The second-order valence-corrected chi connectivity index (χ2v) is 27.0. The first-order valence-electron chi connectivity index (χ1n) is 39.1. The number of esters is 1. The molecular formula is C79H153NO5. The third-order valence-corrected chi connectivity index (χ3v) is 18.5. The third-order valence-electron chi connectivity index (χ3n) is 18.5. The summed E-state index contributed by atoms with van der Waals surface area (Å²) in [4.78, 5) is 24.6. The van der Waals surface area contributed by atoms with Gasteiger partial charge in [0.15, 0.2) is 0 Å². The van der Waals surface area contributed by atoms with Crippen LogP contribution >= 0.6 is 0 Å². The molecule has 1 amide bonds. The van der Waals surface area contributed by atoms with Gasteiger partial charge in [0.2, 0.25) is 5.91 Å². The van der Waals surface area contributed by atoms with E-state index in [0.29, 0.717) is 25.9 Å². The summed E-state index contributed by atoms with van der Waals surface area (Å²) in [5, 5.41) is 23.4. The molecule has 0 aliphatic heterocycles. The van der Waals surface area contributed by atoms with E-state index in [0.717, 1.165) is 44.9 Å². The Morgan fingerprint density at radius 1 is 0.329 bits per heavy atom. The van der Waals surface area contributed by atoms with Gasteiger partial charge in [-0.15, -0.1) is 0 Å². The Hall–Kier alpha value is -1.66. The Morgan fingerprint density at radius 2 is 0.588 bits per heavy atom. The third kappa shape index (κ3) is 71.3. The number of aliphatic hydroxyl groups excluding tert-OH is 2. The Morgan fingerprint density at radius 3 is 0.894 bits per heavy atom. The molecule has 0 fully saturated rings. The Balaban J connectivity index is 3.34. The minimum Gasteiger partial charge on any atom is -0.466 e. The lowest BCUT2D eigenvalue weighted by atomic mass is 10.0. The standard InChI is InChI=1S/C79H153NO5/c1-3-5-7-9-11-13-15-17-19-20-41-45-49-53-57-61-65-69-73-79(84)85-74-70-66-62-58-54-50-46-42-39-37-35-33-31-29-27-25-23-21-22-24-26-28-30-32-34-36-38-40-44-48-52-56-60-64-68-72-78(83)80-76(75-81)77(82)71-67-63-59-55-51-47-43-18-16-14-12-10-8-6-4-2/h23,25,29,31,76-77,81-82H,3-22,24,26-28,30,32-75H2,1-2H3,(H,80,83)/b25-23-,31-29-. The number of hydrogen-bond acceptors (Lipinski definition) is 5. The number of ether oxygens (including phenoxy) is 1. The summed E-state index contributed by atoms with van der Waals surface area (Å²) in [5.41, 5.74) is 0. The van der Waals surface area contributed by atoms with Crippen molar-refractivity contribution < 1.29 is 24.5 Å². The van der Waals surface area contributed by atoms with Gasteiger partial charge in [0, 0.05) is 12.8 Å². The maximum absolute atomic E-state index is 12.5. The SMILES string of the molecule is CCCCCCCCCCCCCCCCCCCCC(=O)OCCCCCCCCCCCCC/C=C\C/C=C\CCCCCCCCCCCCCCCCCCCC(=O)NC(CO)C(O)CCCCCCCCCCCCCCCCC. The van der Waals surface area contributed by atoms with E-state index in [4.69, 9.17) is 4.74 Å². The summed E-state index contributed by atoms with van der Waals surface area (Å²) in [6, 6.07) is -0.539. The van der Waals surface area contributed by atoms with Gasteiger partial charge in [-0.05, 0) is 57.8 Å².